The molecule has 0 amide bonds. The van der Waals surface area contributed by atoms with Gasteiger partial charge in [-0.15, -0.1) is 5.10 Å². The summed E-state index contributed by atoms with van der Waals surface area (Å²) in [5.74, 6) is 0.409. The summed E-state index contributed by atoms with van der Waals surface area (Å²) < 4.78 is 2.86. The number of nitrogens with zero attached hydrogens (tertiary/aromatic N) is 4. The third kappa shape index (κ3) is 3.96. The molecular formula is C22H28N5O2+. The number of likely N-dealkylation sites (tertiary alicyclic amines) is 1. The molecule has 2 aromatic heterocycles. The molecule has 0 bridgehead atoms. The lowest BCUT2D eigenvalue weighted by molar-refractivity contribution is -0.912. The van der Waals surface area contributed by atoms with Gasteiger partial charge in [-0.05, 0) is 50.5 Å². The van der Waals surface area contributed by atoms with Gasteiger partial charge >= 0.3 is 0 Å². The van der Waals surface area contributed by atoms with Crippen molar-refractivity contribution in [1.82, 2.24) is 9.61 Å². The van der Waals surface area contributed by atoms with Gasteiger partial charge in [-0.1, -0.05) is 6.07 Å². The van der Waals surface area contributed by atoms with Crippen LogP contribution in [0.4, 0.5) is 11.5 Å². The topological polar surface area (TPSA) is 79.0 Å². The summed E-state index contributed by atoms with van der Waals surface area (Å²) >= 11 is 0. The number of fused-ring (bicyclic) bond motifs is 1. The Hall–Kier alpha value is -2.93. The van der Waals surface area contributed by atoms with E-state index in [0.29, 0.717) is 22.8 Å². The molecular weight excluding hydrogens is 366 g/mol. The number of aromatic nitrogens is 2. The molecule has 1 saturated heterocycles. The summed E-state index contributed by atoms with van der Waals surface area (Å²) in [7, 11) is 2.32. The van der Waals surface area contributed by atoms with Crippen LogP contribution in [0.5, 0.6) is 0 Å². The van der Waals surface area contributed by atoms with Crippen molar-refractivity contribution in [3.63, 3.8) is 0 Å². The molecule has 4 rings (SSSR count). The van der Waals surface area contributed by atoms with E-state index in [1.807, 2.05) is 24.4 Å². The third-order valence-electron chi connectivity index (χ3n) is 5.95. The van der Waals surface area contributed by atoms with Crippen molar-refractivity contribution < 1.29 is 14.4 Å². The van der Waals surface area contributed by atoms with Crippen molar-refractivity contribution in [3.05, 3.63) is 47.9 Å². The van der Waals surface area contributed by atoms with Crippen molar-refractivity contribution in [1.29, 1.82) is 0 Å². The number of carbonyl (C=O) groups is 1. The van der Waals surface area contributed by atoms with Crippen molar-refractivity contribution >= 4 is 28.5 Å². The van der Waals surface area contributed by atoms with Crippen LogP contribution >= 0.6 is 0 Å². The van der Waals surface area contributed by atoms with Crippen LogP contribution in [0.2, 0.25) is 0 Å². The van der Waals surface area contributed by atoms with Gasteiger partial charge in [-0.2, -0.15) is 0 Å². The number of pyridine rings is 1. The SMILES string of the molecule is CC1=C(O)/C(=N/c2c(NCC[N+]3(C)CCCCC3)nn3ccccc23)C=CC1=O. The minimum atomic E-state index is -0.196. The fraction of sp³-hybridized carbons (Fsp3) is 0.409. The molecule has 0 unspecified atom stereocenters. The second kappa shape index (κ2) is 7.83. The Morgan fingerprint density at radius 3 is 2.83 bits per heavy atom. The van der Waals surface area contributed by atoms with Gasteiger partial charge in [-0.3, -0.25) is 4.79 Å². The molecule has 7 heteroatoms. The molecule has 0 radical (unpaired) electrons. The number of rotatable bonds is 5. The number of anilines is 1. The molecule has 2 N–H and O–H groups in total. The average molecular weight is 394 g/mol. The van der Waals surface area contributed by atoms with E-state index in [2.05, 4.69) is 22.5 Å². The van der Waals surface area contributed by atoms with Crippen LogP contribution in [-0.4, -0.2) is 63.9 Å². The zero-order chi connectivity index (χ0) is 20.4. The maximum Gasteiger partial charge on any atom is 0.185 e. The summed E-state index contributed by atoms with van der Waals surface area (Å²) in [6.07, 6.45) is 8.79. The second-order valence-electron chi connectivity index (χ2n) is 8.17. The molecule has 2 aliphatic rings. The molecule has 0 atom stereocenters. The maximum atomic E-state index is 11.8. The standard InChI is InChI=1S/C22H27N5O2/c1-16-19(28)10-9-17(21(16)29)24-20-18-8-4-5-12-26(18)25-22(20)23-11-15-27(2)13-6-3-7-14-27/h4-5,8-10,12H,3,6-7,11,13-15H2,1-2H3,(H-,23,25,28,29)/p+1/b24-17+. The number of hydrogen-bond donors (Lipinski definition) is 2. The third-order valence-corrected chi connectivity index (χ3v) is 5.95. The van der Waals surface area contributed by atoms with Gasteiger partial charge < -0.3 is 14.9 Å². The number of aliphatic imine (C=N–C) groups is 1. The number of likely N-dealkylation sites (N-methyl/N-ethyl adjacent to an activating group) is 1. The predicted molar refractivity (Wildman–Crippen MR) is 115 cm³/mol. The van der Waals surface area contributed by atoms with Gasteiger partial charge in [0, 0.05) is 11.8 Å². The van der Waals surface area contributed by atoms with Gasteiger partial charge in [0.2, 0.25) is 0 Å². The lowest BCUT2D eigenvalue weighted by Gasteiger charge is -2.37. The number of carbonyl (C=O) groups excluding carboxylic acids is 1. The molecule has 2 aromatic rings. The Bertz CT molecular complexity index is 1020. The number of nitrogens with one attached hydrogen (secondary N) is 1. The van der Waals surface area contributed by atoms with E-state index in [0.717, 1.165) is 23.1 Å². The summed E-state index contributed by atoms with van der Waals surface area (Å²) in [6, 6.07) is 5.80. The number of aliphatic hydroxyl groups excluding tert-OH is 1. The molecule has 0 spiro atoms. The minimum Gasteiger partial charge on any atom is -0.505 e. The first-order valence-electron chi connectivity index (χ1n) is 10.2. The van der Waals surface area contributed by atoms with Crippen LogP contribution in [0.25, 0.3) is 5.52 Å². The number of allylic oxidation sites excluding steroid dienone is 3. The largest absolute Gasteiger partial charge is 0.505 e. The summed E-state index contributed by atoms with van der Waals surface area (Å²) in [5, 5.41) is 18.5. The lowest BCUT2D eigenvalue weighted by Crippen LogP contribution is -2.50. The van der Waals surface area contributed by atoms with Crippen LogP contribution in [0.1, 0.15) is 26.2 Å². The van der Waals surface area contributed by atoms with Crippen LogP contribution < -0.4 is 5.32 Å². The molecule has 1 fully saturated rings. The van der Waals surface area contributed by atoms with Crippen molar-refractivity contribution in [2.45, 2.75) is 26.2 Å². The van der Waals surface area contributed by atoms with Crippen molar-refractivity contribution in [2.24, 2.45) is 4.99 Å². The second-order valence-corrected chi connectivity index (χ2v) is 8.17. The van der Waals surface area contributed by atoms with E-state index >= 15 is 0 Å². The number of hydrogen-bond acceptors (Lipinski definition) is 5. The lowest BCUT2D eigenvalue weighted by atomic mass is 10.0. The van der Waals surface area contributed by atoms with E-state index in [-0.39, 0.29) is 11.5 Å². The zero-order valence-corrected chi connectivity index (χ0v) is 17.1. The van der Waals surface area contributed by atoms with Crippen molar-refractivity contribution in [2.75, 3.05) is 38.5 Å². The Labute approximate surface area is 170 Å². The van der Waals surface area contributed by atoms with Crippen LogP contribution in [0, 0.1) is 0 Å². The highest BCUT2D eigenvalue weighted by atomic mass is 16.3. The number of ketones is 1. The molecule has 29 heavy (non-hydrogen) atoms. The van der Waals surface area contributed by atoms with Gasteiger partial charge in [-0.25, -0.2) is 9.51 Å². The Morgan fingerprint density at radius 2 is 2.03 bits per heavy atom. The monoisotopic (exact) mass is 394 g/mol. The smallest absolute Gasteiger partial charge is 0.185 e. The molecule has 3 heterocycles. The van der Waals surface area contributed by atoms with Crippen molar-refractivity contribution in [3.8, 4) is 0 Å². The number of quaternary nitrogens is 1. The predicted octanol–water partition coefficient (Wildman–Crippen LogP) is 3.42. The first kappa shape index (κ1) is 19.4. The zero-order valence-electron chi connectivity index (χ0n) is 17.1. The summed E-state index contributed by atoms with van der Waals surface area (Å²) in [5.41, 5.74) is 2.19. The van der Waals surface area contributed by atoms with Crippen LogP contribution in [0.3, 0.4) is 0 Å². The van der Waals surface area contributed by atoms with Crippen LogP contribution in [-0.2, 0) is 4.79 Å². The molecule has 0 aromatic carbocycles. The molecule has 152 valence electrons. The van der Waals surface area contributed by atoms with Gasteiger partial charge in [0.25, 0.3) is 0 Å². The molecule has 1 aliphatic heterocycles. The molecule has 7 nitrogen and oxygen atoms in total. The van der Waals surface area contributed by atoms with E-state index < -0.39 is 0 Å². The first-order valence-corrected chi connectivity index (χ1v) is 10.2. The Morgan fingerprint density at radius 1 is 1.24 bits per heavy atom. The fourth-order valence-electron chi connectivity index (χ4n) is 4.04. The van der Waals surface area contributed by atoms with E-state index in [9.17, 15) is 9.90 Å². The normalized spacial score (nSPS) is 20.6. The number of piperidine rings is 1. The first-order chi connectivity index (χ1) is 14.0. The molecule has 0 saturated carbocycles. The van der Waals surface area contributed by atoms with E-state index in [4.69, 9.17) is 0 Å². The van der Waals surface area contributed by atoms with E-state index in [1.54, 1.807) is 17.5 Å². The number of aliphatic hydroxyl groups is 1. The summed E-state index contributed by atoms with van der Waals surface area (Å²) in [4.78, 5) is 16.4. The Kier molecular flexibility index (Phi) is 5.24. The van der Waals surface area contributed by atoms with Gasteiger partial charge in [0.05, 0.1) is 38.7 Å². The van der Waals surface area contributed by atoms with Gasteiger partial charge in [0.1, 0.15) is 17.2 Å². The highest BCUT2D eigenvalue weighted by Crippen LogP contribution is 2.31. The average Bonchev–Trinajstić information content (AvgIpc) is 3.06. The quantitative estimate of drug-likeness (QED) is 0.602. The highest BCUT2D eigenvalue weighted by Gasteiger charge is 2.25. The molecule has 1 aliphatic carbocycles. The Balaban J connectivity index is 1.62. The highest BCUT2D eigenvalue weighted by molar-refractivity contribution is 6.21. The van der Waals surface area contributed by atoms with E-state index in [1.165, 1.54) is 38.4 Å². The van der Waals surface area contributed by atoms with Crippen LogP contribution in [0.15, 0.2) is 52.9 Å². The summed E-state index contributed by atoms with van der Waals surface area (Å²) in [6.45, 7) is 5.88. The maximum absolute atomic E-state index is 11.8. The van der Waals surface area contributed by atoms with Gasteiger partial charge in [0.15, 0.2) is 11.6 Å². The minimum absolute atomic E-state index is 0.0786. The fourth-order valence-corrected chi connectivity index (χ4v) is 4.04.